The summed E-state index contributed by atoms with van der Waals surface area (Å²) >= 11 is 0. The van der Waals surface area contributed by atoms with Crippen LogP contribution in [-0.4, -0.2) is 27.7 Å². The minimum atomic E-state index is -0.449. The summed E-state index contributed by atoms with van der Waals surface area (Å²) in [5.74, 6) is 6.33. The van der Waals surface area contributed by atoms with E-state index in [2.05, 4.69) is 41.5 Å². The topological polar surface area (TPSA) is 122 Å². The highest BCUT2D eigenvalue weighted by atomic mass is 16.3. The Kier molecular flexibility index (Phi) is 4.69. The minimum absolute atomic E-state index is 0.0791. The molecule has 0 fully saturated rings. The van der Waals surface area contributed by atoms with Crippen molar-refractivity contribution in [2.45, 2.75) is 33.3 Å². The van der Waals surface area contributed by atoms with Gasteiger partial charge in [0.1, 0.15) is 11.6 Å². The van der Waals surface area contributed by atoms with E-state index in [9.17, 15) is 5.11 Å². The maximum Gasteiger partial charge on any atom is 0.223 e. The SMILES string of the molecule is CC(C)(C)CC(O)CNc1cc(NN)nc(N)n1. The molecule has 0 radical (unpaired) electrons. The first-order valence-electron chi connectivity index (χ1n) is 5.83. The van der Waals surface area contributed by atoms with Crippen LogP contribution in [0.15, 0.2) is 6.07 Å². The molecule has 1 unspecified atom stereocenters. The first kappa shape index (κ1) is 14.5. The lowest BCUT2D eigenvalue weighted by atomic mass is 9.89. The number of hydrazine groups is 1. The maximum absolute atomic E-state index is 9.86. The van der Waals surface area contributed by atoms with Crippen molar-refractivity contribution < 1.29 is 5.11 Å². The number of hydrogen-bond donors (Lipinski definition) is 5. The lowest BCUT2D eigenvalue weighted by molar-refractivity contribution is 0.132. The average Bonchev–Trinajstić information content (AvgIpc) is 2.23. The Morgan fingerprint density at radius 2 is 1.94 bits per heavy atom. The Labute approximate surface area is 107 Å². The largest absolute Gasteiger partial charge is 0.391 e. The molecule has 0 bridgehead atoms. The van der Waals surface area contributed by atoms with E-state index in [0.717, 1.165) is 0 Å². The first-order chi connectivity index (χ1) is 8.30. The van der Waals surface area contributed by atoms with Crippen LogP contribution in [-0.2, 0) is 0 Å². The van der Waals surface area contributed by atoms with Crippen molar-refractivity contribution in [2.24, 2.45) is 11.3 Å². The third-order valence-electron chi connectivity index (χ3n) is 2.26. The van der Waals surface area contributed by atoms with E-state index < -0.39 is 6.10 Å². The molecule has 7 N–H and O–H groups in total. The number of anilines is 3. The van der Waals surface area contributed by atoms with E-state index in [1.165, 1.54) is 0 Å². The molecule has 0 aliphatic carbocycles. The Balaban J connectivity index is 2.55. The van der Waals surface area contributed by atoms with Crippen LogP contribution in [0.3, 0.4) is 0 Å². The molecule has 0 saturated heterocycles. The van der Waals surface area contributed by atoms with Crippen molar-refractivity contribution in [2.75, 3.05) is 23.0 Å². The van der Waals surface area contributed by atoms with Gasteiger partial charge in [0.25, 0.3) is 0 Å². The van der Waals surface area contributed by atoms with Gasteiger partial charge in [0, 0.05) is 12.6 Å². The zero-order valence-corrected chi connectivity index (χ0v) is 11.1. The molecule has 1 aromatic heterocycles. The average molecular weight is 254 g/mol. The van der Waals surface area contributed by atoms with Crippen molar-refractivity contribution in [1.82, 2.24) is 9.97 Å². The molecule has 1 heterocycles. The standard InChI is InChI=1S/C11H22N6O/c1-11(2,3)5-7(18)6-14-8-4-9(17-13)16-10(12)15-8/h4,7,18H,5-6,13H2,1-3H3,(H4,12,14,15,16,17). The van der Waals surface area contributed by atoms with Gasteiger partial charge in [-0.3, -0.25) is 0 Å². The highest BCUT2D eigenvalue weighted by Gasteiger charge is 2.16. The van der Waals surface area contributed by atoms with Crippen molar-refractivity contribution >= 4 is 17.6 Å². The summed E-state index contributed by atoms with van der Waals surface area (Å²) in [5.41, 5.74) is 8.00. The second-order valence-corrected chi connectivity index (χ2v) is 5.44. The van der Waals surface area contributed by atoms with Crippen molar-refractivity contribution in [3.05, 3.63) is 6.07 Å². The zero-order chi connectivity index (χ0) is 13.8. The van der Waals surface area contributed by atoms with Crippen LogP contribution in [0.2, 0.25) is 0 Å². The van der Waals surface area contributed by atoms with Crippen LogP contribution in [0.4, 0.5) is 17.6 Å². The molecule has 7 heteroatoms. The fraction of sp³-hybridized carbons (Fsp3) is 0.636. The monoisotopic (exact) mass is 254 g/mol. The molecule has 0 aliphatic heterocycles. The Hall–Kier alpha value is -1.60. The Morgan fingerprint density at radius 1 is 1.33 bits per heavy atom. The van der Waals surface area contributed by atoms with Crippen LogP contribution < -0.4 is 22.3 Å². The number of nitrogen functional groups attached to an aromatic ring is 2. The van der Waals surface area contributed by atoms with Gasteiger partial charge in [-0.1, -0.05) is 20.8 Å². The molecule has 1 aromatic rings. The summed E-state index contributed by atoms with van der Waals surface area (Å²) in [5, 5.41) is 12.9. The van der Waals surface area contributed by atoms with E-state index in [0.29, 0.717) is 24.6 Å². The third-order valence-corrected chi connectivity index (χ3v) is 2.26. The van der Waals surface area contributed by atoms with E-state index >= 15 is 0 Å². The minimum Gasteiger partial charge on any atom is -0.391 e. The summed E-state index contributed by atoms with van der Waals surface area (Å²) in [6.07, 6.45) is 0.248. The van der Waals surface area contributed by atoms with Gasteiger partial charge in [0.15, 0.2) is 0 Å². The van der Waals surface area contributed by atoms with Crippen LogP contribution in [0.25, 0.3) is 0 Å². The number of nitrogens with zero attached hydrogens (tertiary/aromatic N) is 2. The van der Waals surface area contributed by atoms with Gasteiger partial charge in [0.05, 0.1) is 6.10 Å². The van der Waals surface area contributed by atoms with Gasteiger partial charge in [-0.2, -0.15) is 9.97 Å². The first-order valence-corrected chi connectivity index (χ1v) is 5.83. The lowest BCUT2D eigenvalue weighted by Crippen LogP contribution is -2.25. The molecule has 18 heavy (non-hydrogen) atoms. The molecule has 0 aromatic carbocycles. The number of hydrogen-bond acceptors (Lipinski definition) is 7. The molecule has 0 saturated carbocycles. The van der Waals surface area contributed by atoms with E-state index in [4.69, 9.17) is 11.6 Å². The van der Waals surface area contributed by atoms with Gasteiger partial charge in [-0.05, 0) is 11.8 Å². The summed E-state index contributed by atoms with van der Waals surface area (Å²) in [7, 11) is 0. The highest BCUT2D eigenvalue weighted by Crippen LogP contribution is 2.21. The van der Waals surface area contributed by atoms with Gasteiger partial charge in [0.2, 0.25) is 5.95 Å². The summed E-state index contributed by atoms with van der Waals surface area (Å²) < 4.78 is 0. The molecular formula is C11H22N6O. The number of nitrogens with two attached hydrogens (primary N) is 2. The van der Waals surface area contributed by atoms with Crippen LogP contribution in [0.5, 0.6) is 0 Å². The van der Waals surface area contributed by atoms with Crippen molar-refractivity contribution in [3.63, 3.8) is 0 Å². The Morgan fingerprint density at radius 3 is 2.50 bits per heavy atom. The smallest absolute Gasteiger partial charge is 0.223 e. The predicted molar refractivity (Wildman–Crippen MR) is 72.8 cm³/mol. The Bertz CT molecular complexity index is 390. The molecule has 102 valence electrons. The highest BCUT2D eigenvalue weighted by molar-refractivity contribution is 5.50. The molecule has 0 spiro atoms. The molecular weight excluding hydrogens is 232 g/mol. The van der Waals surface area contributed by atoms with Crippen molar-refractivity contribution in [3.8, 4) is 0 Å². The van der Waals surface area contributed by atoms with Gasteiger partial charge in [-0.25, -0.2) is 5.84 Å². The quantitative estimate of drug-likeness (QED) is 0.384. The van der Waals surface area contributed by atoms with Gasteiger partial charge >= 0.3 is 0 Å². The second-order valence-electron chi connectivity index (χ2n) is 5.44. The maximum atomic E-state index is 9.86. The lowest BCUT2D eigenvalue weighted by Gasteiger charge is -2.22. The predicted octanol–water partition coefficient (Wildman–Crippen LogP) is 0.553. The van der Waals surface area contributed by atoms with Crippen LogP contribution in [0.1, 0.15) is 27.2 Å². The van der Waals surface area contributed by atoms with Crippen LogP contribution >= 0.6 is 0 Å². The summed E-state index contributed by atoms with van der Waals surface area (Å²) in [6.45, 7) is 6.64. The number of aromatic nitrogens is 2. The summed E-state index contributed by atoms with van der Waals surface area (Å²) in [6, 6.07) is 1.63. The van der Waals surface area contributed by atoms with Crippen molar-refractivity contribution in [1.29, 1.82) is 0 Å². The van der Waals surface area contributed by atoms with Gasteiger partial charge < -0.3 is 21.6 Å². The van der Waals surface area contributed by atoms with E-state index in [1.54, 1.807) is 6.07 Å². The number of nitrogens with one attached hydrogen (secondary N) is 2. The molecule has 0 aliphatic rings. The molecule has 7 nitrogen and oxygen atoms in total. The molecule has 1 rings (SSSR count). The summed E-state index contributed by atoms with van der Waals surface area (Å²) in [4.78, 5) is 7.87. The zero-order valence-electron chi connectivity index (χ0n) is 11.1. The second kappa shape index (κ2) is 5.83. The fourth-order valence-electron chi connectivity index (χ4n) is 1.63. The molecule has 1 atom stereocenters. The van der Waals surface area contributed by atoms with E-state index in [-0.39, 0.29) is 11.4 Å². The third kappa shape index (κ3) is 5.15. The number of aliphatic hydroxyl groups excluding tert-OH is 1. The number of aliphatic hydroxyl groups is 1. The molecule has 0 amide bonds. The fourth-order valence-corrected chi connectivity index (χ4v) is 1.63. The van der Waals surface area contributed by atoms with E-state index in [1.807, 2.05) is 0 Å². The van der Waals surface area contributed by atoms with Crippen LogP contribution in [0, 0.1) is 5.41 Å². The van der Waals surface area contributed by atoms with Gasteiger partial charge in [-0.15, -0.1) is 0 Å². The number of rotatable bonds is 5. The normalized spacial score (nSPS) is 13.2.